The summed E-state index contributed by atoms with van der Waals surface area (Å²) in [5.41, 5.74) is 1.13. The summed E-state index contributed by atoms with van der Waals surface area (Å²) < 4.78 is 12.0. The number of nitrogens with one attached hydrogen (secondary N) is 1. The number of aromatic nitrogens is 3. The van der Waals surface area contributed by atoms with Crippen LogP contribution < -0.4 is 5.32 Å². The van der Waals surface area contributed by atoms with Gasteiger partial charge in [0.1, 0.15) is 16.9 Å². The summed E-state index contributed by atoms with van der Waals surface area (Å²) in [6.45, 7) is -0.00521. The summed E-state index contributed by atoms with van der Waals surface area (Å²) in [5.74, 6) is -0.718. The van der Waals surface area contributed by atoms with Crippen LogP contribution in [0.15, 0.2) is 41.2 Å². The number of amides is 1. The van der Waals surface area contributed by atoms with Gasteiger partial charge in [0.25, 0.3) is 5.91 Å². The number of carbonyl (C=O) groups is 2. The Morgan fingerprint density at radius 1 is 1.29 bits per heavy atom. The van der Waals surface area contributed by atoms with Crippen LogP contribution in [0.4, 0.5) is 0 Å². The van der Waals surface area contributed by atoms with Crippen LogP contribution in [-0.4, -0.2) is 33.6 Å². The number of benzene rings is 1. The topological polar surface area (TPSA) is 98.7 Å². The van der Waals surface area contributed by atoms with Crippen molar-refractivity contribution in [1.29, 1.82) is 0 Å². The van der Waals surface area contributed by atoms with Gasteiger partial charge in [-0.15, -0.1) is 0 Å². The van der Waals surface area contributed by atoms with Gasteiger partial charge < -0.3 is 14.5 Å². The summed E-state index contributed by atoms with van der Waals surface area (Å²) >= 11 is 12.4. The molecule has 0 saturated carbocycles. The van der Waals surface area contributed by atoms with Crippen LogP contribution in [-0.2, 0) is 11.3 Å². The van der Waals surface area contributed by atoms with Crippen molar-refractivity contribution in [2.75, 3.05) is 7.11 Å². The number of hydrogen-bond donors (Lipinski definition) is 1. The number of nitrogens with zero attached hydrogens (tertiary/aromatic N) is 3. The molecule has 0 aliphatic rings. The molecule has 10 heteroatoms. The highest BCUT2D eigenvalue weighted by Gasteiger charge is 2.21. The largest absolute Gasteiger partial charge is 0.465 e. The Bertz CT molecular complexity index is 1230. The maximum absolute atomic E-state index is 12.5. The summed E-state index contributed by atoms with van der Waals surface area (Å²) in [6.07, 6.45) is 4.68. The summed E-state index contributed by atoms with van der Waals surface area (Å²) in [6, 6.07) is 4.72. The van der Waals surface area contributed by atoms with Crippen molar-refractivity contribution in [2.45, 2.75) is 6.54 Å². The number of fused-ring (bicyclic) bond motifs is 2. The van der Waals surface area contributed by atoms with Crippen LogP contribution in [0, 0.1) is 0 Å². The number of ether oxygens (including phenoxy) is 1. The predicted molar refractivity (Wildman–Crippen MR) is 102 cm³/mol. The molecule has 28 heavy (non-hydrogen) atoms. The molecule has 1 N–H and O–H groups in total. The first-order chi connectivity index (χ1) is 13.5. The van der Waals surface area contributed by atoms with Gasteiger partial charge >= 0.3 is 5.97 Å². The molecular weight excluding hydrogens is 407 g/mol. The number of rotatable bonds is 4. The maximum Gasteiger partial charge on any atom is 0.341 e. The van der Waals surface area contributed by atoms with Gasteiger partial charge in [0, 0.05) is 22.8 Å². The highest BCUT2D eigenvalue weighted by Crippen LogP contribution is 2.35. The molecular formula is C18H12Cl2N4O4. The molecule has 0 fully saturated rings. The third-order valence-corrected chi connectivity index (χ3v) is 4.73. The van der Waals surface area contributed by atoms with E-state index in [1.165, 1.54) is 23.9 Å². The fraction of sp³-hybridized carbons (Fsp3) is 0.111. The van der Waals surface area contributed by atoms with E-state index in [1.807, 2.05) is 0 Å². The number of furan rings is 1. The van der Waals surface area contributed by atoms with Crippen LogP contribution >= 0.6 is 23.2 Å². The zero-order valence-corrected chi connectivity index (χ0v) is 15.9. The molecule has 0 spiro atoms. The zero-order chi connectivity index (χ0) is 19.8. The van der Waals surface area contributed by atoms with Crippen molar-refractivity contribution in [2.24, 2.45) is 0 Å². The van der Waals surface area contributed by atoms with Crippen LogP contribution in [0.2, 0.25) is 10.0 Å². The molecule has 4 aromatic rings. The normalized spacial score (nSPS) is 11.1. The standard InChI is InChI=1S/C18H12Cl2N4O4/c1-27-18(26)11-6-9(19)5-10-14(20)13(28-15(10)11)8-22-17(25)12-7-23-24-4-2-3-21-16(12)24/h2-7H,8H2,1H3,(H,22,25). The molecule has 0 unspecified atom stereocenters. The van der Waals surface area contributed by atoms with Crippen molar-refractivity contribution >= 4 is 51.7 Å². The van der Waals surface area contributed by atoms with Crippen molar-refractivity contribution in [3.8, 4) is 0 Å². The molecule has 0 atom stereocenters. The molecule has 3 aromatic heterocycles. The first-order valence-electron chi connectivity index (χ1n) is 8.05. The summed E-state index contributed by atoms with van der Waals surface area (Å²) in [7, 11) is 1.25. The fourth-order valence-electron chi connectivity index (χ4n) is 2.80. The van der Waals surface area contributed by atoms with E-state index in [4.69, 9.17) is 32.4 Å². The highest BCUT2D eigenvalue weighted by molar-refractivity contribution is 6.38. The number of esters is 1. The first-order valence-corrected chi connectivity index (χ1v) is 8.80. The Morgan fingerprint density at radius 2 is 2.11 bits per heavy atom. The average molecular weight is 419 g/mol. The van der Waals surface area contributed by atoms with Crippen LogP contribution in [0.5, 0.6) is 0 Å². The Hall–Kier alpha value is -3.10. The maximum atomic E-state index is 12.5. The van der Waals surface area contributed by atoms with Crippen molar-refractivity contribution in [3.63, 3.8) is 0 Å². The summed E-state index contributed by atoms with van der Waals surface area (Å²) in [4.78, 5) is 28.6. The van der Waals surface area contributed by atoms with Gasteiger partial charge in [0.05, 0.1) is 24.9 Å². The lowest BCUT2D eigenvalue weighted by atomic mass is 10.1. The smallest absolute Gasteiger partial charge is 0.341 e. The number of methoxy groups -OCH3 is 1. The molecule has 142 valence electrons. The number of halogens is 2. The molecule has 4 rings (SSSR count). The molecule has 0 aliphatic heterocycles. The first kappa shape index (κ1) is 18.3. The molecule has 0 aliphatic carbocycles. The van der Waals surface area contributed by atoms with E-state index in [2.05, 4.69) is 15.4 Å². The highest BCUT2D eigenvalue weighted by atomic mass is 35.5. The van der Waals surface area contributed by atoms with Gasteiger partial charge in [-0.05, 0) is 18.2 Å². The molecule has 0 saturated heterocycles. The van der Waals surface area contributed by atoms with Gasteiger partial charge in [0.15, 0.2) is 11.2 Å². The summed E-state index contributed by atoms with van der Waals surface area (Å²) in [5, 5.41) is 7.80. The second kappa shape index (κ2) is 7.14. The van der Waals surface area contributed by atoms with Crippen LogP contribution in [0.3, 0.4) is 0 Å². The van der Waals surface area contributed by atoms with E-state index < -0.39 is 11.9 Å². The van der Waals surface area contributed by atoms with Crippen LogP contribution in [0.25, 0.3) is 16.6 Å². The minimum atomic E-state index is -0.606. The second-order valence-corrected chi connectivity index (χ2v) is 6.60. The van der Waals surface area contributed by atoms with E-state index in [1.54, 1.807) is 24.5 Å². The van der Waals surface area contributed by atoms with E-state index in [9.17, 15) is 9.59 Å². The third kappa shape index (κ3) is 3.06. The number of hydrogen-bond acceptors (Lipinski definition) is 6. The lowest BCUT2D eigenvalue weighted by Crippen LogP contribution is -2.22. The van der Waals surface area contributed by atoms with Crippen molar-refractivity contribution in [1.82, 2.24) is 19.9 Å². The van der Waals surface area contributed by atoms with E-state index in [0.29, 0.717) is 21.6 Å². The van der Waals surface area contributed by atoms with Crippen LogP contribution in [0.1, 0.15) is 26.5 Å². The molecule has 0 bridgehead atoms. The predicted octanol–water partition coefficient (Wildman–Crippen LogP) is 3.50. The molecule has 8 nitrogen and oxygen atoms in total. The van der Waals surface area contributed by atoms with Gasteiger partial charge in [-0.2, -0.15) is 5.10 Å². The average Bonchev–Trinajstić information content (AvgIpc) is 3.27. The van der Waals surface area contributed by atoms with Gasteiger partial charge in [-0.1, -0.05) is 23.2 Å². The molecule has 3 heterocycles. The molecule has 0 radical (unpaired) electrons. The van der Waals surface area contributed by atoms with E-state index >= 15 is 0 Å². The Kier molecular flexibility index (Phi) is 4.66. The molecule has 1 amide bonds. The lowest BCUT2D eigenvalue weighted by molar-refractivity contribution is 0.0601. The van der Waals surface area contributed by atoms with Gasteiger partial charge in [0.2, 0.25) is 0 Å². The van der Waals surface area contributed by atoms with Gasteiger partial charge in [-0.25, -0.2) is 14.3 Å². The third-order valence-electron chi connectivity index (χ3n) is 4.10. The fourth-order valence-corrected chi connectivity index (χ4v) is 3.27. The zero-order valence-electron chi connectivity index (χ0n) is 14.4. The minimum Gasteiger partial charge on any atom is -0.465 e. The number of carbonyl (C=O) groups excluding carboxylic acids is 2. The SMILES string of the molecule is COC(=O)c1cc(Cl)cc2c(Cl)c(CNC(=O)c3cnn4cccnc34)oc12. The van der Waals surface area contributed by atoms with E-state index in [-0.39, 0.29) is 28.5 Å². The Balaban J connectivity index is 1.64. The Labute approximate surface area is 168 Å². The second-order valence-electron chi connectivity index (χ2n) is 5.79. The monoisotopic (exact) mass is 418 g/mol. The minimum absolute atomic E-state index is 0.00521. The van der Waals surface area contributed by atoms with Crippen molar-refractivity contribution < 1.29 is 18.7 Å². The quantitative estimate of drug-likeness (QED) is 0.509. The van der Waals surface area contributed by atoms with Gasteiger partial charge in [-0.3, -0.25) is 4.79 Å². The lowest BCUT2D eigenvalue weighted by Gasteiger charge is -2.02. The Morgan fingerprint density at radius 3 is 2.89 bits per heavy atom. The van der Waals surface area contributed by atoms with Crippen molar-refractivity contribution in [3.05, 3.63) is 63.7 Å². The molecule has 1 aromatic carbocycles. The van der Waals surface area contributed by atoms with E-state index in [0.717, 1.165) is 0 Å².